The normalized spacial score (nSPS) is 10.3. The van der Waals surface area contributed by atoms with Gasteiger partial charge < -0.3 is 16.2 Å². The van der Waals surface area contributed by atoms with Gasteiger partial charge in [-0.3, -0.25) is 0 Å². The molecule has 0 bridgehead atoms. The molecule has 4 aromatic rings. The van der Waals surface area contributed by atoms with Crippen LogP contribution < -0.4 is 16.2 Å². The zero-order valence-electron chi connectivity index (χ0n) is 16.8. The topological polar surface area (TPSA) is 87.0 Å². The fraction of sp³-hybridized carbons (Fsp3) is 0.0400. The van der Waals surface area contributed by atoms with E-state index in [9.17, 15) is 4.39 Å². The molecule has 1 heterocycles. The first-order valence-electron chi connectivity index (χ1n) is 9.65. The van der Waals surface area contributed by atoms with Gasteiger partial charge >= 0.3 is 0 Å². The summed E-state index contributed by atoms with van der Waals surface area (Å²) in [7, 11) is 0. The van der Waals surface area contributed by atoms with Crippen LogP contribution in [0.2, 0.25) is 5.02 Å². The van der Waals surface area contributed by atoms with Crippen LogP contribution in [-0.2, 0) is 6.61 Å². The molecule has 0 saturated carbocycles. The van der Waals surface area contributed by atoms with Gasteiger partial charge in [0.25, 0.3) is 0 Å². The summed E-state index contributed by atoms with van der Waals surface area (Å²) in [5, 5.41) is 0.381. The molecule has 0 unspecified atom stereocenters. The van der Waals surface area contributed by atoms with E-state index in [0.717, 1.165) is 5.56 Å². The molecule has 0 amide bonds. The van der Waals surface area contributed by atoms with Crippen molar-refractivity contribution in [2.24, 2.45) is 0 Å². The Labute approximate surface area is 189 Å². The number of hydrogen-bond donors (Lipinski definition) is 2. The van der Waals surface area contributed by atoms with E-state index in [0.29, 0.717) is 39.0 Å². The maximum atomic E-state index is 13.3. The van der Waals surface area contributed by atoms with Gasteiger partial charge in [-0.1, -0.05) is 41.6 Å². The minimum Gasteiger partial charge on any atom is -0.487 e. The smallest absolute Gasteiger partial charge is 0.161 e. The highest BCUT2D eigenvalue weighted by Gasteiger charge is 2.09. The Morgan fingerprint density at radius 2 is 1.81 bits per heavy atom. The first-order valence-corrected chi connectivity index (χ1v) is 10.0. The number of aromatic nitrogens is 2. The number of rotatable bonds is 4. The highest BCUT2D eigenvalue weighted by atomic mass is 35.5. The van der Waals surface area contributed by atoms with Gasteiger partial charge in [0.05, 0.1) is 10.6 Å². The summed E-state index contributed by atoms with van der Waals surface area (Å²) in [4.78, 5) is 8.70. The van der Waals surface area contributed by atoms with Gasteiger partial charge in [-0.15, -0.1) is 0 Å². The van der Waals surface area contributed by atoms with Crippen molar-refractivity contribution in [3.05, 3.63) is 100 Å². The van der Waals surface area contributed by atoms with Crippen molar-refractivity contribution in [2.75, 3.05) is 11.5 Å². The van der Waals surface area contributed by atoms with E-state index in [2.05, 4.69) is 21.8 Å². The van der Waals surface area contributed by atoms with Crippen LogP contribution in [0.1, 0.15) is 16.7 Å². The van der Waals surface area contributed by atoms with Crippen molar-refractivity contribution < 1.29 is 9.13 Å². The standard InChI is InChI=1S/C25H18ClFN4O/c26-22-13-18(9-10-23(22)32-15-17-4-1-5-20(27)11-17)25-30-14-19(24(29)31-25)8-7-16-3-2-6-21(28)12-16/h1-6,9-14H,15,28H2,(H2,29,30,31). The second-order valence-corrected chi connectivity index (χ2v) is 7.34. The van der Waals surface area contributed by atoms with Crippen molar-refractivity contribution >= 4 is 23.1 Å². The third kappa shape index (κ3) is 5.15. The van der Waals surface area contributed by atoms with Crippen molar-refractivity contribution in [1.82, 2.24) is 9.97 Å². The summed E-state index contributed by atoms with van der Waals surface area (Å²) in [6.45, 7) is 0.195. The van der Waals surface area contributed by atoms with E-state index in [1.54, 1.807) is 48.7 Å². The van der Waals surface area contributed by atoms with Crippen LogP contribution in [0.15, 0.2) is 72.9 Å². The number of anilines is 2. The van der Waals surface area contributed by atoms with Crippen molar-refractivity contribution in [2.45, 2.75) is 6.61 Å². The molecule has 4 N–H and O–H groups in total. The number of ether oxygens (including phenoxy) is 1. The average molecular weight is 445 g/mol. The van der Waals surface area contributed by atoms with Crippen molar-refractivity contribution in [3.63, 3.8) is 0 Å². The number of nitrogens with two attached hydrogens (primary N) is 2. The Bertz CT molecular complexity index is 1350. The molecule has 0 aliphatic carbocycles. The molecular formula is C25H18ClFN4O. The van der Waals surface area contributed by atoms with Crippen LogP contribution in [0, 0.1) is 17.7 Å². The first-order chi connectivity index (χ1) is 15.5. The molecule has 0 aliphatic rings. The molecule has 0 aliphatic heterocycles. The lowest BCUT2D eigenvalue weighted by molar-refractivity contribution is 0.306. The van der Waals surface area contributed by atoms with Gasteiger partial charge in [0, 0.05) is 23.0 Å². The van der Waals surface area contributed by atoms with Gasteiger partial charge in [0.2, 0.25) is 0 Å². The van der Waals surface area contributed by atoms with Gasteiger partial charge in [0.15, 0.2) is 5.82 Å². The number of benzene rings is 3. The Kier molecular flexibility index (Phi) is 6.20. The van der Waals surface area contributed by atoms with E-state index >= 15 is 0 Å². The largest absolute Gasteiger partial charge is 0.487 e. The first kappa shape index (κ1) is 21.2. The zero-order valence-corrected chi connectivity index (χ0v) is 17.6. The molecular weight excluding hydrogens is 427 g/mol. The maximum Gasteiger partial charge on any atom is 0.161 e. The van der Waals surface area contributed by atoms with Crippen LogP contribution in [0.3, 0.4) is 0 Å². The van der Waals surface area contributed by atoms with Gasteiger partial charge in [0.1, 0.15) is 24.0 Å². The van der Waals surface area contributed by atoms with E-state index < -0.39 is 0 Å². The van der Waals surface area contributed by atoms with Gasteiger partial charge in [-0.25, -0.2) is 14.4 Å². The minimum absolute atomic E-state index is 0.195. The average Bonchev–Trinajstić information content (AvgIpc) is 2.77. The lowest BCUT2D eigenvalue weighted by atomic mass is 10.1. The fourth-order valence-electron chi connectivity index (χ4n) is 2.93. The number of nitrogen functional groups attached to an aromatic ring is 2. The molecule has 4 rings (SSSR count). The molecule has 0 spiro atoms. The quantitative estimate of drug-likeness (QED) is 0.338. The summed E-state index contributed by atoms with van der Waals surface area (Å²) in [6, 6.07) is 18.6. The monoisotopic (exact) mass is 444 g/mol. The van der Waals surface area contributed by atoms with Crippen LogP contribution in [-0.4, -0.2) is 9.97 Å². The third-order valence-corrected chi connectivity index (χ3v) is 4.82. The Hall–Kier alpha value is -4.08. The molecule has 5 nitrogen and oxygen atoms in total. The summed E-state index contributed by atoms with van der Waals surface area (Å²) >= 11 is 6.36. The van der Waals surface area contributed by atoms with Crippen LogP contribution in [0.4, 0.5) is 15.9 Å². The SMILES string of the molecule is Nc1cccc(C#Cc2cnc(-c3ccc(OCc4cccc(F)c4)c(Cl)c3)nc2N)c1. The molecule has 158 valence electrons. The summed E-state index contributed by atoms with van der Waals surface area (Å²) in [5.74, 6) is 6.79. The molecule has 0 atom stereocenters. The Balaban J connectivity index is 1.50. The summed E-state index contributed by atoms with van der Waals surface area (Å²) in [6.07, 6.45) is 1.57. The summed E-state index contributed by atoms with van der Waals surface area (Å²) < 4.78 is 19.0. The minimum atomic E-state index is -0.316. The zero-order chi connectivity index (χ0) is 22.5. The maximum absolute atomic E-state index is 13.3. The Morgan fingerprint density at radius 3 is 2.56 bits per heavy atom. The molecule has 32 heavy (non-hydrogen) atoms. The molecule has 7 heteroatoms. The van der Waals surface area contributed by atoms with Crippen LogP contribution in [0.5, 0.6) is 5.75 Å². The lowest BCUT2D eigenvalue weighted by Gasteiger charge is -2.10. The summed E-state index contributed by atoms with van der Waals surface area (Å²) in [5.41, 5.74) is 15.1. The molecule has 1 aromatic heterocycles. The van der Waals surface area contributed by atoms with E-state index in [1.807, 2.05) is 12.1 Å². The molecule has 0 fully saturated rings. The number of hydrogen-bond acceptors (Lipinski definition) is 5. The van der Waals surface area contributed by atoms with Gasteiger partial charge in [-0.2, -0.15) is 0 Å². The highest BCUT2D eigenvalue weighted by molar-refractivity contribution is 6.32. The highest BCUT2D eigenvalue weighted by Crippen LogP contribution is 2.30. The lowest BCUT2D eigenvalue weighted by Crippen LogP contribution is -2.00. The fourth-order valence-corrected chi connectivity index (χ4v) is 3.17. The van der Waals surface area contributed by atoms with E-state index in [1.165, 1.54) is 12.1 Å². The predicted molar refractivity (Wildman–Crippen MR) is 124 cm³/mol. The molecule has 3 aromatic carbocycles. The third-order valence-electron chi connectivity index (χ3n) is 4.52. The Morgan fingerprint density at radius 1 is 0.969 bits per heavy atom. The van der Waals surface area contributed by atoms with Crippen LogP contribution in [0.25, 0.3) is 11.4 Å². The molecule has 0 saturated heterocycles. The van der Waals surface area contributed by atoms with Gasteiger partial charge in [-0.05, 0) is 54.1 Å². The predicted octanol–water partition coefficient (Wildman–Crippen LogP) is 5.08. The second kappa shape index (κ2) is 9.38. The van der Waals surface area contributed by atoms with E-state index in [4.69, 9.17) is 27.8 Å². The van der Waals surface area contributed by atoms with Crippen molar-refractivity contribution in [1.29, 1.82) is 0 Å². The van der Waals surface area contributed by atoms with Crippen LogP contribution >= 0.6 is 11.6 Å². The number of nitrogens with zero attached hydrogens (tertiary/aromatic N) is 2. The second-order valence-electron chi connectivity index (χ2n) is 6.93. The molecule has 0 radical (unpaired) electrons. The number of halogens is 2. The van der Waals surface area contributed by atoms with Crippen molar-refractivity contribution in [3.8, 4) is 29.0 Å². The van der Waals surface area contributed by atoms with E-state index in [-0.39, 0.29) is 18.2 Å².